The molecule has 0 spiro atoms. The summed E-state index contributed by atoms with van der Waals surface area (Å²) in [6, 6.07) is 11.0. The van der Waals surface area contributed by atoms with E-state index in [4.69, 9.17) is 4.74 Å². The fourth-order valence-corrected chi connectivity index (χ4v) is 4.12. The highest BCUT2D eigenvalue weighted by molar-refractivity contribution is 5.85. The molecule has 1 saturated heterocycles. The van der Waals surface area contributed by atoms with Gasteiger partial charge in [0, 0.05) is 19.2 Å². The van der Waals surface area contributed by atoms with Crippen molar-refractivity contribution in [3.05, 3.63) is 35.9 Å². The molecule has 3 rings (SSSR count). The van der Waals surface area contributed by atoms with Crippen LogP contribution in [-0.4, -0.2) is 37.7 Å². The lowest BCUT2D eigenvalue weighted by molar-refractivity contribution is -0.122. The first-order valence-corrected chi connectivity index (χ1v) is 9.98. The van der Waals surface area contributed by atoms with Gasteiger partial charge in [-0.05, 0) is 50.0 Å². The molecule has 3 unspecified atom stereocenters. The summed E-state index contributed by atoms with van der Waals surface area (Å²) in [5.41, 5.74) is 1.32. The predicted octanol–water partition coefficient (Wildman–Crippen LogP) is 3.48. The Morgan fingerprint density at radius 3 is 2.73 bits per heavy atom. The molecule has 3 atom stereocenters. The number of ether oxygens (including phenoxy) is 1. The van der Waals surface area contributed by atoms with Crippen molar-refractivity contribution >= 4 is 18.3 Å². The second-order valence-electron chi connectivity index (χ2n) is 7.45. The molecule has 5 heteroatoms. The van der Waals surface area contributed by atoms with Crippen molar-refractivity contribution in [2.24, 2.45) is 5.92 Å². The van der Waals surface area contributed by atoms with Gasteiger partial charge in [0.25, 0.3) is 0 Å². The van der Waals surface area contributed by atoms with Crippen LogP contribution in [0.5, 0.6) is 0 Å². The third kappa shape index (κ3) is 6.57. The van der Waals surface area contributed by atoms with Crippen molar-refractivity contribution in [1.82, 2.24) is 10.6 Å². The number of fused-ring (bicyclic) bond motifs is 1. The van der Waals surface area contributed by atoms with Gasteiger partial charge in [0.15, 0.2) is 0 Å². The average molecular weight is 381 g/mol. The van der Waals surface area contributed by atoms with E-state index in [1.807, 2.05) is 6.07 Å². The first-order chi connectivity index (χ1) is 12.3. The number of carbonyl (C=O) groups excluding carboxylic acids is 1. The summed E-state index contributed by atoms with van der Waals surface area (Å²) in [7, 11) is 0. The minimum atomic E-state index is 0. The fourth-order valence-electron chi connectivity index (χ4n) is 4.12. The number of halogens is 1. The lowest BCUT2D eigenvalue weighted by atomic mass is 9.85. The topological polar surface area (TPSA) is 50.4 Å². The van der Waals surface area contributed by atoms with Crippen LogP contribution >= 0.6 is 12.4 Å². The Hall–Kier alpha value is -1.10. The van der Waals surface area contributed by atoms with Crippen LogP contribution in [0.3, 0.4) is 0 Å². The molecule has 1 aliphatic carbocycles. The van der Waals surface area contributed by atoms with E-state index < -0.39 is 0 Å². The average Bonchev–Trinajstić information content (AvgIpc) is 3.09. The zero-order valence-corrected chi connectivity index (χ0v) is 16.4. The molecule has 2 aliphatic rings. The monoisotopic (exact) mass is 380 g/mol. The number of rotatable bonds is 9. The van der Waals surface area contributed by atoms with Crippen LogP contribution in [0, 0.1) is 5.92 Å². The minimum Gasteiger partial charge on any atom is -0.381 e. The highest BCUT2D eigenvalue weighted by atomic mass is 35.5. The van der Waals surface area contributed by atoms with E-state index >= 15 is 0 Å². The van der Waals surface area contributed by atoms with Crippen LogP contribution in [0.4, 0.5) is 0 Å². The number of benzene rings is 1. The molecule has 1 aromatic rings. The van der Waals surface area contributed by atoms with Gasteiger partial charge >= 0.3 is 0 Å². The molecular formula is C21H33ClN2O2. The van der Waals surface area contributed by atoms with Gasteiger partial charge in [-0.1, -0.05) is 43.2 Å². The SMILES string of the molecule is Cl.O=C(NCCCCOCCc1ccccc1)C1CC2CCCCC2N1. The van der Waals surface area contributed by atoms with E-state index in [1.165, 1.54) is 31.2 Å². The van der Waals surface area contributed by atoms with Gasteiger partial charge in [-0.15, -0.1) is 12.4 Å². The van der Waals surface area contributed by atoms with Crippen molar-refractivity contribution in [2.75, 3.05) is 19.8 Å². The van der Waals surface area contributed by atoms with Gasteiger partial charge in [0.2, 0.25) is 5.91 Å². The Morgan fingerprint density at radius 2 is 1.92 bits per heavy atom. The summed E-state index contributed by atoms with van der Waals surface area (Å²) >= 11 is 0. The van der Waals surface area contributed by atoms with E-state index in [0.717, 1.165) is 51.4 Å². The van der Waals surface area contributed by atoms with E-state index in [1.54, 1.807) is 0 Å². The van der Waals surface area contributed by atoms with Crippen LogP contribution in [-0.2, 0) is 16.0 Å². The Labute approximate surface area is 163 Å². The van der Waals surface area contributed by atoms with E-state index in [2.05, 4.69) is 34.9 Å². The van der Waals surface area contributed by atoms with Gasteiger partial charge in [0.05, 0.1) is 12.6 Å². The van der Waals surface area contributed by atoms with E-state index in [0.29, 0.717) is 6.04 Å². The second kappa shape index (κ2) is 11.6. The lowest BCUT2D eigenvalue weighted by Gasteiger charge is -2.24. The highest BCUT2D eigenvalue weighted by Gasteiger charge is 2.37. The maximum atomic E-state index is 12.3. The normalized spacial score (nSPS) is 24.5. The van der Waals surface area contributed by atoms with Crippen molar-refractivity contribution in [3.63, 3.8) is 0 Å². The predicted molar refractivity (Wildman–Crippen MR) is 108 cm³/mol. The number of hydrogen-bond acceptors (Lipinski definition) is 3. The molecule has 1 saturated carbocycles. The number of hydrogen-bond donors (Lipinski definition) is 2. The molecule has 26 heavy (non-hydrogen) atoms. The summed E-state index contributed by atoms with van der Waals surface area (Å²) in [6.07, 6.45) is 9.16. The van der Waals surface area contributed by atoms with Crippen LogP contribution in [0.15, 0.2) is 30.3 Å². The Bertz CT molecular complexity index is 512. The molecule has 1 heterocycles. The Morgan fingerprint density at radius 1 is 1.12 bits per heavy atom. The molecule has 4 nitrogen and oxygen atoms in total. The quantitative estimate of drug-likeness (QED) is 0.645. The minimum absolute atomic E-state index is 0. The zero-order valence-electron chi connectivity index (χ0n) is 15.6. The van der Waals surface area contributed by atoms with Gasteiger partial charge < -0.3 is 15.4 Å². The lowest BCUT2D eigenvalue weighted by Crippen LogP contribution is -2.43. The van der Waals surface area contributed by atoms with Gasteiger partial charge in [-0.2, -0.15) is 0 Å². The molecule has 0 aromatic heterocycles. The van der Waals surface area contributed by atoms with Crippen LogP contribution < -0.4 is 10.6 Å². The summed E-state index contributed by atoms with van der Waals surface area (Å²) in [4.78, 5) is 12.3. The fraction of sp³-hybridized carbons (Fsp3) is 0.667. The van der Waals surface area contributed by atoms with Gasteiger partial charge in [0.1, 0.15) is 0 Å². The molecule has 1 aliphatic heterocycles. The molecule has 2 fully saturated rings. The molecule has 0 bridgehead atoms. The van der Waals surface area contributed by atoms with Crippen LogP contribution in [0.25, 0.3) is 0 Å². The maximum absolute atomic E-state index is 12.3. The third-order valence-corrected chi connectivity index (χ3v) is 5.57. The van der Waals surface area contributed by atoms with Crippen LogP contribution in [0.2, 0.25) is 0 Å². The summed E-state index contributed by atoms with van der Waals surface area (Å²) in [5, 5.41) is 6.63. The van der Waals surface area contributed by atoms with Gasteiger partial charge in [-0.3, -0.25) is 4.79 Å². The molecule has 0 radical (unpaired) electrons. The smallest absolute Gasteiger partial charge is 0.237 e. The molecule has 1 amide bonds. The maximum Gasteiger partial charge on any atom is 0.237 e. The Kier molecular flexibility index (Phi) is 9.44. The highest BCUT2D eigenvalue weighted by Crippen LogP contribution is 2.33. The molecular weight excluding hydrogens is 348 g/mol. The second-order valence-corrected chi connectivity index (χ2v) is 7.45. The first kappa shape index (κ1) is 21.2. The molecule has 146 valence electrons. The van der Waals surface area contributed by atoms with Gasteiger partial charge in [-0.25, -0.2) is 0 Å². The van der Waals surface area contributed by atoms with Crippen LogP contribution in [0.1, 0.15) is 50.5 Å². The Balaban J connectivity index is 0.00000243. The summed E-state index contributed by atoms with van der Waals surface area (Å²) in [5.74, 6) is 0.918. The number of nitrogens with one attached hydrogen (secondary N) is 2. The van der Waals surface area contributed by atoms with E-state index in [9.17, 15) is 4.79 Å². The van der Waals surface area contributed by atoms with Crippen molar-refractivity contribution in [3.8, 4) is 0 Å². The molecule has 2 N–H and O–H groups in total. The largest absolute Gasteiger partial charge is 0.381 e. The summed E-state index contributed by atoms with van der Waals surface area (Å²) < 4.78 is 5.68. The van der Waals surface area contributed by atoms with Crippen molar-refractivity contribution in [1.29, 1.82) is 0 Å². The first-order valence-electron chi connectivity index (χ1n) is 9.98. The standard InChI is InChI=1S/C21H32N2O2.ClH/c24-21(20-16-18-10-4-5-11-19(18)23-20)22-13-6-7-14-25-15-12-17-8-2-1-3-9-17;/h1-3,8-9,18-20,23H,4-7,10-16H2,(H,22,24);1H. The van der Waals surface area contributed by atoms with Crippen molar-refractivity contribution < 1.29 is 9.53 Å². The zero-order chi connectivity index (χ0) is 17.3. The van der Waals surface area contributed by atoms with Crippen molar-refractivity contribution in [2.45, 2.75) is 63.5 Å². The summed E-state index contributed by atoms with van der Waals surface area (Å²) in [6.45, 7) is 2.30. The number of unbranched alkanes of at least 4 members (excludes halogenated alkanes) is 1. The number of carbonyl (C=O) groups is 1. The third-order valence-electron chi connectivity index (χ3n) is 5.57. The van der Waals surface area contributed by atoms with E-state index in [-0.39, 0.29) is 24.4 Å². The number of amides is 1. The molecule has 1 aromatic carbocycles.